The van der Waals surface area contributed by atoms with E-state index in [4.69, 9.17) is 9.15 Å². The molecule has 3 aromatic rings. The summed E-state index contributed by atoms with van der Waals surface area (Å²) >= 11 is 0. The summed E-state index contributed by atoms with van der Waals surface area (Å²) in [7, 11) is 0. The molecule has 190 valence electrons. The Balaban J connectivity index is 1.37. The minimum atomic E-state index is -0.491. The predicted octanol–water partition coefficient (Wildman–Crippen LogP) is 4.23. The summed E-state index contributed by atoms with van der Waals surface area (Å²) in [4.78, 5) is 14.3. The lowest BCUT2D eigenvalue weighted by Gasteiger charge is -2.26. The number of rotatable bonds is 11. The highest BCUT2D eigenvalue weighted by Gasteiger charge is 2.20. The molecule has 2 heterocycles. The van der Waals surface area contributed by atoms with Crippen LogP contribution in [0.1, 0.15) is 33.9 Å². The molecule has 1 aliphatic heterocycles. The Bertz CT molecular complexity index is 1170. The van der Waals surface area contributed by atoms with Crippen LogP contribution in [0.4, 0.5) is 4.39 Å². The Morgan fingerprint density at radius 2 is 1.61 bits per heavy atom. The molecule has 0 aliphatic carbocycles. The summed E-state index contributed by atoms with van der Waals surface area (Å²) in [5.41, 5.74) is 4.05. The molecule has 0 bridgehead atoms. The first kappa shape index (κ1) is 25.8. The number of ether oxygens (including phenoxy) is 1. The second-order valence-electron chi connectivity index (χ2n) is 9.00. The van der Waals surface area contributed by atoms with Gasteiger partial charge in [-0.15, -0.1) is 0 Å². The van der Waals surface area contributed by atoms with Crippen LogP contribution in [0.3, 0.4) is 0 Å². The fourth-order valence-electron chi connectivity index (χ4n) is 4.31. The zero-order valence-electron chi connectivity index (χ0n) is 20.4. The summed E-state index contributed by atoms with van der Waals surface area (Å²) in [6.07, 6.45) is 5.98. The second-order valence-corrected chi connectivity index (χ2v) is 9.00. The van der Waals surface area contributed by atoms with Gasteiger partial charge in [0.15, 0.2) is 5.76 Å². The first-order chi connectivity index (χ1) is 17.6. The summed E-state index contributed by atoms with van der Waals surface area (Å²) in [6, 6.07) is 17.9. The Labute approximate surface area is 211 Å². The molecule has 1 saturated heterocycles. The van der Waals surface area contributed by atoms with E-state index in [9.17, 15) is 14.3 Å². The number of hydrogen-bond acceptors (Lipinski definition) is 6. The van der Waals surface area contributed by atoms with E-state index in [-0.39, 0.29) is 24.0 Å². The van der Waals surface area contributed by atoms with Crippen molar-refractivity contribution in [2.75, 3.05) is 46.1 Å². The normalized spacial score (nSPS) is 15.4. The molecule has 0 amide bonds. The van der Waals surface area contributed by atoms with Gasteiger partial charge in [0, 0.05) is 44.7 Å². The van der Waals surface area contributed by atoms with Crippen LogP contribution < -0.4 is 10.7 Å². The fraction of sp³-hybridized carbons (Fsp3) is 0.345. The molecule has 2 N–H and O–H groups in total. The minimum absolute atomic E-state index is 0.201. The van der Waals surface area contributed by atoms with Crippen molar-refractivity contribution < 1.29 is 18.7 Å². The summed E-state index contributed by atoms with van der Waals surface area (Å²) < 4.78 is 23.5. The lowest BCUT2D eigenvalue weighted by atomic mass is 9.95. The molecule has 1 atom stereocenters. The van der Waals surface area contributed by atoms with Gasteiger partial charge in [-0.2, -0.15) is 0 Å². The van der Waals surface area contributed by atoms with E-state index in [2.05, 4.69) is 46.6 Å². The highest BCUT2D eigenvalue weighted by Crippen LogP contribution is 2.26. The van der Waals surface area contributed by atoms with Gasteiger partial charge in [0.05, 0.1) is 19.5 Å². The van der Waals surface area contributed by atoms with Gasteiger partial charge < -0.3 is 19.6 Å². The van der Waals surface area contributed by atoms with Crippen LogP contribution in [0.2, 0.25) is 0 Å². The van der Waals surface area contributed by atoms with Gasteiger partial charge in [0.25, 0.3) is 0 Å². The van der Waals surface area contributed by atoms with Crippen molar-refractivity contribution in [2.45, 2.75) is 18.9 Å². The largest absolute Gasteiger partial charge is 0.502 e. The minimum Gasteiger partial charge on any atom is -0.502 e. The Hall–Kier alpha value is -3.26. The molecule has 7 heteroatoms. The molecule has 2 aromatic carbocycles. The number of halogens is 1. The van der Waals surface area contributed by atoms with E-state index >= 15 is 0 Å². The molecule has 6 nitrogen and oxygen atoms in total. The van der Waals surface area contributed by atoms with Gasteiger partial charge >= 0.3 is 0 Å². The number of alkyl halides is 1. The van der Waals surface area contributed by atoms with Gasteiger partial charge in [0.1, 0.15) is 6.67 Å². The zero-order chi connectivity index (χ0) is 25.2. The van der Waals surface area contributed by atoms with Gasteiger partial charge in [-0.25, -0.2) is 4.39 Å². The van der Waals surface area contributed by atoms with Crippen molar-refractivity contribution in [1.82, 2.24) is 10.2 Å². The molecule has 1 fully saturated rings. The molecule has 0 radical (unpaired) electrons. The number of nitrogens with one attached hydrogen (secondary N) is 1. The summed E-state index contributed by atoms with van der Waals surface area (Å²) in [5.74, 6) is -0.474. The van der Waals surface area contributed by atoms with Crippen molar-refractivity contribution in [1.29, 1.82) is 0 Å². The van der Waals surface area contributed by atoms with E-state index in [0.29, 0.717) is 13.0 Å². The average molecular weight is 493 g/mol. The number of aromatic hydroxyl groups is 1. The van der Waals surface area contributed by atoms with Crippen molar-refractivity contribution in [3.05, 3.63) is 99.1 Å². The van der Waals surface area contributed by atoms with Gasteiger partial charge in [-0.1, -0.05) is 60.7 Å². The molecule has 0 spiro atoms. The van der Waals surface area contributed by atoms with Gasteiger partial charge in [0.2, 0.25) is 11.2 Å². The van der Waals surface area contributed by atoms with E-state index < -0.39 is 12.1 Å². The molecular formula is C29H33FN2O4. The third kappa shape index (κ3) is 7.37. The van der Waals surface area contributed by atoms with E-state index in [1.165, 1.54) is 17.9 Å². The second kappa shape index (κ2) is 13.2. The molecule has 1 unspecified atom stereocenters. The lowest BCUT2D eigenvalue weighted by molar-refractivity contribution is 0.0342. The van der Waals surface area contributed by atoms with Crippen LogP contribution in [0.5, 0.6) is 5.75 Å². The van der Waals surface area contributed by atoms with Crippen LogP contribution in [-0.2, 0) is 17.7 Å². The summed E-state index contributed by atoms with van der Waals surface area (Å²) in [5, 5.41) is 13.2. The molecule has 4 rings (SSSR count). The molecule has 1 aromatic heterocycles. The highest BCUT2D eigenvalue weighted by molar-refractivity contribution is 5.69. The van der Waals surface area contributed by atoms with Gasteiger partial charge in [-0.05, 0) is 28.7 Å². The Morgan fingerprint density at radius 3 is 2.25 bits per heavy atom. The first-order valence-corrected chi connectivity index (χ1v) is 12.4. The molecule has 0 saturated carbocycles. The van der Waals surface area contributed by atoms with Crippen molar-refractivity contribution >= 4 is 12.2 Å². The first-order valence-electron chi connectivity index (χ1n) is 12.4. The molecule has 1 aliphatic rings. The summed E-state index contributed by atoms with van der Waals surface area (Å²) in [6.45, 7) is 4.61. The van der Waals surface area contributed by atoms with Crippen molar-refractivity contribution in [3.63, 3.8) is 0 Å². The third-order valence-corrected chi connectivity index (χ3v) is 6.33. The standard InChI is InChI=1S/C29H33FN2O4/c30-12-13-31-20-26(29-28(34)27(33)11-16-36-29)19-24-7-3-22(4-8-24)1-2-23-5-9-25(10-6-23)21-32-14-17-35-18-15-32/h1-11,16,26,31,34H,12-15,17-21H2/b2-1+. The van der Waals surface area contributed by atoms with Crippen LogP contribution >= 0.6 is 0 Å². The maximum atomic E-state index is 12.6. The predicted molar refractivity (Wildman–Crippen MR) is 140 cm³/mol. The van der Waals surface area contributed by atoms with Crippen LogP contribution in [0, 0.1) is 0 Å². The van der Waals surface area contributed by atoms with Crippen molar-refractivity contribution in [3.8, 4) is 5.75 Å². The molecule has 36 heavy (non-hydrogen) atoms. The van der Waals surface area contributed by atoms with E-state index in [0.717, 1.165) is 49.5 Å². The lowest BCUT2D eigenvalue weighted by Crippen LogP contribution is -2.35. The SMILES string of the molecule is O=c1ccoc(C(CNCCF)Cc2ccc(/C=C/c3ccc(CN4CCOCC4)cc3)cc2)c1O. The maximum absolute atomic E-state index is 12.6. The van der Waals surface area contributed by atoms with Gasteiger partial charge in [-0.3, -0.25) is 9.69 Å². The highest BCUT2D eigenvalue weighted by atomic mass is 19.1. The average Bonchev–Trinajstić information content (AvgIpc) is 2.91. The Morgan fingerprint density at radius 1 is 0.972 bits per heavy atom. The van der Waals surface area contributed by atoms with Crippen LogP contribution in [-0.4, -0.2) is 56.1 Å². The van der Waals surface area contributed by atoms with Crippen molar-refractivity contribution in [2.24, 2.45) is 0 Å². The Kier molecular flexibility index (Phi) is 9.44. The third-order valence-electron chi connectivity index (χ3n) is 6.33. The zero-order valence-corrected chi connectivity index (χ0v) is 20.4. The monoisotopic (exact) mass is 492 g/mol. The number of hydrogen-bond donors (Lipinski definition) is 2. The quantitative estimate of drug-likeness (QED) is 0.308. The van der Waals surface area contributed by atoms with Crippen LogP contribution in [0.25, 0.3) is 12.2 Å². The maximum Gasteiger partial charge on any atom is 0.226 e. The van der Waals surface area contributed by atoms with E-state index in [1.807, 2.05) is 24.3 Å². The number of nitrogens with zero attached hydrogens (tertiary/aromatic N) is 1. The number of benzene rings is 2. The fourth-order valence-corrected chi connectivity index (χ4v) is 4.31. The van der Waals surface area contributed by atoms with Crippen LogP contribution in [0.15, 0.2) is 70.1 Å². The smallest absolute Gasteiger partial charge is 0.226 e. The van der Waals surface area contributed by atoms with E-state index in [1.54, 1.807) is 0 Å². The topological polar surface area (TPSA) is 74.9 Å². The molecular weight excluding hydrogens is 459 g/mol. The number of morpholine rings is 1.